The first-order valence-electron chi connectivity index (χ1n) is 7.11. The van der Waals surface area contributed by atoms with Gasteiger partial charge in [0.1, 0.15) is 0 Å². The average molecular weight is 239 g/mol. The molecular formula is C15H29NO. The predicted molar refractivity (Wildman–Crippen MR) is 74.5 cm³/mol. The molecule has 0 unspecified atom stereocenters. The molecule has 0 saturated heterocycles. The van der Waals surface area contributed by atoms with Gasteiger partial charge >= 0.3 is 0 Å². The second kappa shape index (κ2) is 5.53. The Labute approximate surface area is 107 Å². The summed E-state index contributed by atoms with van der Waals surface area (Å²) in [4.78, 5) is 0. The summed E-state index contributed by atoms with van der Waals surface area (Å²) < 4.78 is -0.0349. The number of allylic oxidation sites excluding steroid dienone is 1. The van der Waals surface area contributed by atoms with Gasteiger partial charge in [-0.15, -0.1) is 0 Å². The molecule has 0 aromatic rings. The lowest BCUT2D eigenvalue weighted by Gasteiger charge is -2.43. The minimum absolute atomic E-state index is 0.0349. The molecule has 0 amide bonds. The van der Waals surface area contributed by atoms with E-state index in [1.807, 2.05) is 13.8 Å². The first-order valence-corrected chi connectivity index (χ1v) is 7.11. The molecule has 0 heterocycles. The summed E-state index contributed by atoms with van der Waals surface area (Å²) >= 11 is 0. The summed E-state index contributed by atoms with van der Waals surface area (Å²) in [6.45, 7) is 13.1. The molecule has 0 aromatic carbocycles. The highest BCUT2D eigenvalue weighted by Crippen LogP contribution is 2.41. The number of rotatable bonds is 5. The molecule has 100 valence electrons. The Kier molecular flexibility index (Phi) is 4.79. The molecule has 0 atom stereocenters. The van der Waals surface area contributed by atoms with Crippen LogP contribution < -0.4 is 0 Å². The van der Waals surface area contributed by atoms with Crippen LogP contribution in [0.1, 0.15) is 60.3 Å². The molecule has 0 radical (unpaired) electrons. The van der Waals surface area contributed by atoms with Gasteiger partial charge in [0, 0.05) is 6.42 Å². The van der Waals surface area contributed by atoms with Crippen LogP contribution in [-0.4, -0.2) is 24.3 Å². The standard InChI is InChI=1S/C15H29NO/c1-6-16(17,7-2)12-10-14-13(3)9-8-11-15(14,4)5/h6-12H2,1-5H3. The van der Waals surface area contributed by atoms with Crippen molar-refractivity contribution in [1.29, 1.82) is 0 Å². The lowest BCUT2D eigenvalue weighted by atomic mass is 9.71. The summed E-state index contributed by atoms with van der Waals surface area (Å²) in [6, 6.07) is 0. The fraction of sp³-hybridized carbons (Fsp3) is 0.867. The largest absolute Gasteiger partial charge is 0.633 e. The van der Waals surface area contributed by atoms with Crippen molar-refractivity contribution in [3.8, 4) is 0 Å². The molecule has 1 aliphatic carbocycles. The van der Waals surface area contributed by atoms with Crippen molar-refractivity contribution in [3.05, 3.63) is 16.4 Å². The Balaban J connectivity index is 2.73. The summed E-state index contributed by atoms with van der Waals surface area (Å²) in [7, 11) is 0. The van der Waals surface area contributed by atoms with Gasteiger partial charge in [-0.2, -0.15) is 0 Å². The van der Waals surface area contributed by atoms with Crippen molar-refractivity contribution in [2.75, 3.05) is 19.6 Å². The van der Waals surface area contributed by atoms with Gasteiger partial charge in [-0.3, -0.25) is 0 Å². The maximum atomic E-state index is 12.3. The van der Waals surface area contributed by atoms with Crippen LogP contribution in [0.25, 0.3) is 0 Å². The Morgan fingerprint density at radius 2 is 1.82 bits per heavy atom. The highest BCUT2D eigenvalue weighted by Gasteiger charge is 2.29. The summed E-state index contributed by atoms with van der Waals surface area (Å²) in [5, 5.41) is 12.3. The molecule has 0 spiro atoms. The van der Waals surface area contributed by atoms with E-state index in [0.29, 0.717) is 18.5 Å². The van der Waals surface area contributed by atoms with Crippen LogP contribution in [0.4, 0.5) is 0 Å². The Bertz CT molecular complexity index is 287. The van der Waals surface area contributed by atoms with Gasteiger partial charge < -0.3 is 9.85 Å². The first kappa shape index (κ1) is 14.7. The lowest BCUT2D eigenvalue weighted by Crippen LogP contribution is -2.43. The van der Waals surface area contributed by atoms with Crippen molar-refractivity contribution in [2.24, 2.45) is 5.41 Å². The van der Waals surface area contributed by atoms with E-state index < -0.39 is 0 Å². The number of hydroxylamine groups is 3. The Morgan fingerprint density at radius 3 is 2.29 bits per heavy atom. The summed E-state index contributed by atoms with van der Waals surface area (Å²) in [5.41, 5.74) is 3.42. The molecule has 0 N–H and O–H groups in total. The van der Waals surface area contributed by atoms with Gasteiger partial charge in [-0.25, -0.2) is 0 Å². The van der Waals surface area contributed by atoms with E-state index in [2.05, 4.69) is 20.8 Å². The van der Waals surface area contributed by atoms with E-state index in [1.54, 1.807) is 11.1 Å². The van der Waals surface area contributed by atoms with Crippen LogP contribution >= 0.6 is 0 Å². The molecule has 0 aliphatic heterocycles. The minimum atomic E-state index is -0.0349. The first-order chi connectivity index (χ1) is 7.84. The van der Waals surface area contributed by atoms with Gasteiger partial charge in [0.05, 0.1) is 19.6 Å². The Morgan fingerprint density at radius 1 is 1.24 bits per heavy atom. The molecule has 0 bridgehead atoms. The highest BCUT2D eigenvalue weighted by atomic mass is 16.5. The zero-order valence-electron chi connectivity index (χ0n) is 12.3. The minimum Gasteiger partial charge on any atom is -0.633 e. The van der Waals surface area contributed by atoms with Crippen molar-refractivity contribution >= 4 is 0 Å². The number of nitrogens with zero attached hydrogens (tertiary/aromatic N) is 1. The van der Waals surface area contributed by atoms with Gasteiger partial charge in [0.15, 0.2) is 0 Å². The average Bonchev–Trinajstić information content (AvgIpc) is 2.27. The molecule has 2 heteroatoms. The van der Waals surface area contributed by atoms with Crippen LogP contribution in [0.5, 0.6) is 0 Å². The van der Waals surface area contributed by atoms with Crippen molar-refractivity contribution in [2.45, 2.75) is 60.3 Å². The van der Waals surface area contributed by atoms with E-state index in [0.717, 1.165) is 13.0 Å². The smallest absolute Gasteiger partial charge is 0.0821 e. The third-order valence-corrected chi connectivity index (χ3v) is 4.61. The molecule has 17 heavy (non-hydrogen) atoms. The lowest BCUT2D eigenvalue weighted by molar-refractivity contribution is -0.876. The van der Waals surface area contributed by atoms with E-state index in [4.69, 9.17) is 0 Å². The van der Waals surface area contributed by atoms with Crippen LogP contribution in [0.3, 0.4) is 0 Å². The zero-order valence-corrected chi connectivity index (χ0v) is 12.3. The van der Waals surface area contributed by atoms with Crippen LogP contribution in [0.2, 0.25) is 0 Å². The molecule has 2 nitrogen and oxygen atoms in total. The van der Waals surface area contributed by atoms with Crippen LogP contribution in [0.15, 0.2) is 11.1 Å². The van der Waals surface area contributed by atoms with E-state index in [1.165, 1.54) is 19.3 Å². The Hall–Kier alpha value is -0.340. The fourth-order valence-corrected chi connectivity index (χ4v) is 3.08. The number of hydrogen-bond donors (Lipinski definition) is 0. The van der Waals surface area contributed by atoms with Crippen molar-refractivity contribution < 1.29 is 4.65 Å². The van der Waals surface area contributed by atoms with Gasteiger partial charge in [-0.1, -0.05) is 25.0 Å². The van der Waals surface area contributed by atoms with Gasteiger partial charge in [0.25, 0.3) is 0 Å². The molecular weight excluding hydrogens is 210 g/mol. The van der Waals surface area contributed by atoms with Crippen molar-refractivity contribution in [1.82, 2.24) is 0 Å². The maximum Gasteiger partial charge on any atom is 0.0821 e. The fourth-order valence-electron chi connectivity index (χ4n) is 3.08. The van der Waals surface area contributed by atoms with Gasteiger partial charge in [0.2, 0.25) is 0 Å². The quantitative estimate of drug-likeness (QED) is 0.399. The second-order valence-electron chi connectivity index (χ2n) is 6.16. The number of quaternary nitrogens is 1. The third-order valence-electron chi connectivity index (χ3n) is 4.61. The monoisotopic (exact) mass is 239 g/mol. The van der Waals surface area contributed by atoms with E-state index >= 15 is 0 Å². The normalized spacial score (nSPS) is 20.8. The van der Waals surface area contributed by atoms with Crippen LogP contribution in [0, 0.1) is 10.6 Å². The molecule has 0 aromatic heterocycles. The van der Waals surface area contributed by atoms with Crippen LogP contribution in [-0.2, 0) is 0 Å². The summed E-state index contributed by atoms with van der Waals surface area (Å²) in [6.07, 6.45) is 4.80. The SMILES string of the molecule is CC[N+]([O-])(CC)CCC1=C(C)CCCC1(C)C. The molecule has 0 fully saturated rings. The van der Waals surface area contributed by atoms with E-state index in [9.17, 15) is 5.21 Å². The molecule has 1 rings (SSSR count). The van der Waals surface area contributed by atoms with Crippen molar-refractivity contribution in [3.63, 3.8) is 0 Å². The molecule has 1 aliphatic rings. The van der Waals surface area contributed by atoms with E-state index in [-0.39, 0.29) is 4.65 Å². The molecule has 0 saturated carbocycles. The summed E-state index contributed by atoms with van der Waals surface area (Å²) in [5.74, 6) is 0. The van der Waals surface area contributed by atoms with Gasteiger partial charge in [-0.05, 0) is 45.4 Å². The third kappa shape index (κ3) is 3.56. The predicted octanol–water partition coefficient (Wildman–Crippen LogP) is 4.26. The number of hydrogen-bond acceptors (Lipinski definition) is 1. The topological polar surface area (TPSA) is 23.1 Å². The highest BCUT2D eigenvalue weighted by molar-refractivity contribution is 5.22. The maximum absolute atomic E-state index is 12.3. The zero-order chi connectivity index (χ0) is 13.1. The second-order valence-corrected chi connectivity index (χ2v) is 6.16.